The number of nitrogens with one attached hydrogen (secondary N) is 1. The fourth-order valence-electron chi connectivity index (χ4n) is 5.30. The maximum absolute atomic E-state index is 3.99. The molecule has 2 atom stereocenters. The lowest BCUT2D eigenvalue weighted by molar-refractivity contribution is 0.0926. The quantitative estimate of drug-likeness (QED) is 0.772. The lowest BCUT2D eigenvalue weighted by Gasteiger charge is -2.42. The van der Waals surface area contributed by atoms with Crippen molar-refractivity contribution in [3.8, 4) is 0 Å². The first-order valence-corrected chi connectivity index (χ1v) is 10.3. The van der Waals surface area contributed by atoms with Crippen LogP contribution in [0.4, 0.5) is 0 Å². The van der Waals surface area contributed by atoms with Crippen molar-refractivity contribution < 1.29 is 0 Å². The predicted octanol–water partition coefficient (Wildman–Crippen LogP) is 4.59. The van der Waals surface area contributed by atoms with Gasteiger partial charge in [0.05, 0.1) is 0 Å². The van der Waals surface area contributed by atoms with Gasteiger partial charge in [-0.05, 0) is 56.9 Å². The molecule has 1 saturated heterocycles. The number of rotatable bonds is 6. The molecule has 0 aromatic heterocycles. The first kappa shape index (κ1) is 16.8. The minimum atomic E-state index is 0.771. The summed E-state index contributed by atoms with van der Waals surface area (Å²) < 4.78 is 0. The molecule has 1 heterocycles. The zero-order valence-corrected chi connectivity index (χ0v) is 14.9. The molecule has 0 spiro atoms. The highest BCUT2D eigenvalue weighted by atomic mass is 15.2. The number of piperidine rings is 1. The van der Waals surface area contributed by atoms with Gasteiger partial charge < -0.3 is 5.32 Å². The van der Waals surface area contributed by atoms with E-state index < -0.39 is 0 Å². The van der Waals surface area contributed by atoms with Crippen LogP contribution in [0.15, 0.2) is 0 Å². The average Bonchev–Trinajstić information content (AvgIpc) is 3.09. The van der Waals surface area contributed by atoms with E-state index >= 15 is 0 Å². The molecular weight excluding hydrogens is 268 g/mol. The molecule has 3 rings (SSSR count). The summed E-state index contributed by atoms with van der Waals surface area (Å²) in [5.74, 6) is 1.92. The highest BCUT2D eigenvalue weighted by Crippen LogP contribution is 2.30. The van der Waals surface area contributed by atoms with E-state index in [1.807, 2.05) is 0 Å². The zero-order valence-electron chi connectivity index (χ0n) is 14.9. The van der Waals surface area contributed by atoms with Gasteiger partial charge in [0.25, 0.3) is 0 Å². The van der Waals surface area contributed by atoms with E-state index in [4.69, 9.17) is 0 Å². The molecule has 0 amide bonds. The van der Waals surface area contributed by atoms with Crippen LogP contribution in [0.3, 0.4) is 0 Å². The van der Waals surface area contributed by atoms with Crippen LogP contribution >= 0.6 is 0 Å². The van der Waals surface area contributed by atoms with E-state index in [0.717, 1.165) is 23.9 Å². The number of nitrogens with zero attached hydrogens (tertiary/aromatic N) is 1. The lowest BCUT2D eigenvalue weighted by Crippen LogP contribution is -2.52. The molecule has 1 N–H and O–H groups in total. The van der Waals surface area contributed by atoms with Gasteiger partial charge in [0.2, 0.25) is 0 Å². The van der Waals surface area contributed by atoms with Gasteiger partial charge in [-0.1, -0.05) is 45.4 Å². The van der Waals surface area contributed by atoms with E-state index in [9.17, 15) is 0 Å². The number of likely N-dealkylation sites (tertiary alicyclic amines) is 1. The summed E-state index contributed by atoms with van der Waals surface area (Å²) in [6.45, 7) is 6.37. The molecule has 0 aromatic carbocycles. The van der Waals surface area contributed by atoms with Gasteiger partial charge in [-0.3, -0.25) is 4.90 Å². The number of hydrogen-bond donors (Lipinski definition) is 1. The Bertz CT molecular complexity index is 305. The summed E-state index contributed by atoms with van der Waals surface area (Å²) in [5.41, 5.74) is 0. The largest absolute Gasteiger partial charge is 0.312 e. The van der Waals surface area contributed by atoms with Crippen molar-refractivity contribution in [1.82, 2.24) is 10.2 Å². The number of hydrogen-bond acceptors (Lipinski definition) is 2. The maximum atomic E-state index is 3.99. The summed E-state index contributed by atoms with van der Waals surface area (Å²) in [5, 5.41) is 3.99. The highest BCUT2D eigenvalue weighted by molar-refractivity contribution is 4.89. The molecular formula is C20H38N2. The van der Waals surface area contributed by atoms with Crippen molar-refractivity contribution in [2.75, 3.05) is 19.6 Å². The molecule has 0 radical (unpaired) electrons. The Kier molecular flexibility index (Phi) is 6.62. The van der Waals surface area contributed by atoms with E-state index in [2.05, 4.69) is 17.1 Å². The maximum Gasteiger partial charge on any atom is 0.0198 e. The molecule has 22 heavy (non-hydrogen) atoms. The summed E-state index contributed by atoms with van der Waals surface area (Å²) in [4.78, 5) is 2.87. The van der Waals surface area contributed by atoms with Crippen LogP contribution in [-0.2, 0) is 0 Å². The Morgan fingerprint density at radius 1 is 0.864 bits per heavy atom. The van der Waals surface area contributed by atoms with Crippen molar-refractivity contribution in [3.05, 3.63) is 0 Å². The third-order valence-corrected chi connectivity index (χ3v) is 6.52. The molecule has 2 aliphatic carbocycles. The topological polar surface area (TPSA) is 15.3 Å². The Morgan fingerprint density at radius 3 is 2.32 bits per heavy atom. The van der Waals surface area contributed by atoms with Crippen LogP contribution in [0.1, 0.15) is 84.0 Å². The lowest BCUT2D eigenvalue weighted by atomic mass is 9.87. The zero-order chi connectivity index (χ0) is 15.2. The van der Waals surface area contributed by atoms with Gasteiger partial charge in [0.15, 0.2) is 0 Å². The van der Waals surface area contributed by atoms with Gasteiger partial charge >= 0.3 is 0 Å². The van der Waals surface area contributed by atoms with Gasteiger partial charge in [-0.25, -0.2) is 0 Å². The van der Waals surface area contributed by atoms with E-state index in [1.165, 1.54) is 96.7 Å². The van der Waals surface area contributed by atoms with Crippen molar-refractivity contribution in [3.63, 3.8) is 0 Å². The van der Waals surface area contributed by atoms with Crippen LogP contribution in [0.5, 0.6) is 0 Å². The van der Waals surface area contributed by atoms with Crippen LogP contribution in [0.2, 0.25) is 0 Å². The van der Waals surface area contributed by atoms with Crippen LogP contribution in [0, 0.1) is 11.8 Å². The van der Waals surface area contributed by atoms with E-state index in [1.54, 1.807) is 0 Å². The van der Waals surface area contributed by atoms with Crippen LogP contribution in [0.25, 0.3) is 0 Å². The summed E-state index contributed by atoms with van der Waals surface area (Å²) in [7, 11) is 0. The third-order valence-electron chi connectivity index (χ3n) is 6.52. The van der Waals surface area contributed by atoms with Crippen molar-refractivity contribution in [2.24, 2.45) is 11.8 Å². The average molecular weight is 307 g/mol. The first-order chi connectivity index (χ1) is 10.8. The van der Waals surface area contributed by atoms with Crippen molar-refractivity contribution in [1.29, 1.82) is 0 Å². The van der Waals surface area contributed by atoms with Gasteiger partial charge in [0.1, 0.15) is 0 Å². The Hall–Kier alpha value is -0.0800. The molecule has 2 heteroatoms. The second-order valence-corrected chi connectivity index (χ2v) is 8.39. The normalized spacial score (nSPS) is 32.6. The molecule has 3 fully saturated rings. The monoisotopic (exact) mass is 306 g/mol. The summed E-state index contributed by atoms with van der Waals surface area (Å²) >= 11 is 0. The Balaban J connectivity index is 1.49. The second kappa shape index (κ2) is 8.68. The van der Waals surface area contributed by atoms with Crippen LogP contribution < -0.4 is 5.32 Å². The summed E-state index contributed by atoms with van der Waals surface area (Å²) in [6.07, 6.45) is 17.5. The fourth-order valence-corrected chi connectivity index (χ4v) is 5.30. The molecule has 0 bridgehead atoms. The molecule has 2 unspecified atom stereocenters. The van der Waals surface area contributed by atoms with E-state index in [-0.39, 0.29) is 0 Å². The standard InChI is InChI=1S/C20H38N2/c1-2-8-18-13-19(21-14-17-9-4-3-5-10-17)16-22(15-18)20-11-6-7-12-20/h17-21H,2-16H2,1H3. The molecule has 2 nitrogen and oxygen atoms in total. The predicted molar refractivity (Wildman–Crippen MR) is 95.2 cm³/mol. The smallest absolute Gasteiger partial charge is 0.0198 e. The molecule has 2 saturated carbocycles. The van der Waals surface area contributed by atoms with Crippen molar-refractivity contribution in [2.45, 2.75) is 96.1 Å². The van der Waals surface area contributed by atoms with Crippen molar-refractivity contribution >= 4 is 0 Å². The molecule has 3 aliphatic rings. The second-order valence-electron chi connectivity index (χ2n) is 8.39. The molecule has 1 aliphatic heterocycles. The van der Waals surface area contributed by atoms with Gasteiger partial charge in [0, 0.05) is 25.2 Å². The fraction of sp³-hybridized carbons (Fsp3) is 1.00. The highest BCUT2D eigenvalue weighted by Gasteiger charge is 2.32. The third kappa shape index (κ3) is 4.71. The Morgan fingerprint density at radius 2 is 1.59 bits per heavy atom. The first-order valence-electron chi connectivity index (χ1n) is 10.3. The van der Waals surface area contributed by atoms with E-state index in [0.29, 0.717) is 0 Å². The molecule has 128 valence electrons. The van der Waals surface area contributed by atoms with Crippen LogP contribution in [-0.4, -0.2) is 36.6 Å². The molecule has 0 aromatic rings. The summed E-state index contributed by atoms with van der Waals surface area (Å²) in [6, 6.07) is 1.69. The van der Waals surface area contributed by atoms with Gasteiger partial charge in [-0.15, -0.1) is 0 Å². The Labute approximate surface area is 138 Å². The minimum absolute atomic E-state index is 0.771. The van der Waals surface area contributed by atoms with Gasteiger partial charge in [-0.2, -0.15) is 0 Å². The minimum Gasteiger partial charge on any atom is -0.312 e. The SMILES string of the molecule is CCCC1CC(NCC2CCCCC2)CN(C2CCCC2)C1.